The van der Waals surface area contributed by atoms with E-state index in [-0.39, 0.29) is 12.3 Å². The van der Waals surface area contributed by atoms with Crippen molar-refractivity contribution >= 4 is 11.6 Å². The first-order valence-electron chi connectivity index (χ1n) is 7.43. The highest BCUT2D eigenvalue weighted by molar-refractivity contribution is 5.93. The molecule has 7 nitrogen and oxygen atoms in total. The minimum atomic E-state index is -0.119. The van der Waals surface area contributed by atoms with Gasteiger partial charge in [-0.15, -0.1) is 5.10 Å². The number of hydrogen-bond donors (Lipinski definition) is 1. The lowest BCUT2D eigenvalue weighted by Crippen LogP contribution is -2.15. The Balaban J connectivity index is 1.76. The van der Waals surface area contributed by atoms with Gasteiger partial charge in [0.15, 0.2) is 0 Å². The van der Waals surface area contributed by atoms with Crippen molar-refractivity contribution in [3.63, 3.8) is 0 Å². The van der Waals surface area contributed by atoms with Crippen LogP contribution in [0.25, 0.3) is 5.69 Å². The molecule has 1 heterocycles. The van der Waals surface area contributed by atoms with E-state index in [1.54, 1.807) is 11.8 Å². The highest BCUT2D eigenvalue weighted by atomic mass is 16.5. The number of aromatic nitrogens is 4. The van der Waals surface area contributed by atoms with Crippen molar-refractivity contribution in [2.45, 2.75) is 13.3 Å². The van der Waals surface area contributed by atoms with Crippen molar-refractivity contribution in [2.24, 2.45) is 0 Å². The van der Waals surface area contributed by atoms with Gasteiger partial charge in [-0.25, -0.2) is 4.68 Å². The Morgan fingerprint density at radius 3 is 2.83 bits per heavy atom. The summed E-state index contributed by atoms with van der Waals surface area (Å²) < 4.78 is 6.84. The van der Waals surface area contributed by atoms with Gasteiger partial charge >= 0.3 is 0 Å². The first kappa shape index (κ1) is 15.7. The van der Waals surface area contributed by atoms with E-state index in [9.17, 15) is 4.79 Å². The Bertz CT molecular complexity index is 846. The number of para-hydroxylation sites is 1. The molecule has 0 radical (unpaired) electrons. The number of carbonyl (C=O) groups is 1. The first-order chi connectivity index (χ1) is 11.7. The zero-order valence-electron chi connectivity index (χ0n) is 13.4. The Labute approximate surface area is 139 Å². The monoisotopic (exact) mass is 323 g/mol. The van der Waals surface area contributed by atoms with E-state index in [2.05, 4.69) is 20.8 Å². The van der Waals surface area contributed by atoms with Crippen LogP contribution in [0.2, 0.25) is 0 Å². The summed E-state index contributed by atoms with van der Waals surface area (Å²) in [6, 6.07) is 13.1. The number of ether oxygens (including phenoxy) is 1. The topological polar surface area (TPSA) is 81.9 Å². The molecule has 0 atom stereocenters. The summed E-state index contributed by atoms with van der Waals surface area (Å²) in [5.41, 5.74) is 3.34. The normalized spacial score (nSPS) is 10.4. The molecule has 3 rings (SSSR count). The van der Waals surface area contributed by atoms with Crippen LogP contribution in [0.1, 0.15) is 11.1 Å². The summed E-state index contributed by atoms with van der Waals surface area (Å²) in [7, 11) is 1.59. The van der Waals surface area contributed by atoms with E-state index >= 15 is 0 Å². The second kappa shape index (κ2) is 6.91. The highest BCUT2D eigenvalue weighted by Crippen LogP contribution is 2.20. The summed E-state index contributed by atoms with van der Waals surface area (Å²) in [5, 5.41) is 14.1. The van der Waals surface area contributed by atoms with E-state index in [0.29, 0.717) is 11.4 Å². The van der Waals surface area contributed by atoms with Crippen LogP contribution in [0.3, 0.4) is 0 Å². The maximum Gasteiger partial charge on any atom is 0.228 e. The second-order valence-corrected chi connectivity index (χ2v) is 5.29. The zero-order chi connectivity index (χ0) is 16.9. The second-order valence-electron chi connectivity index (χ2n) is 5.29. The fourth-order valence-corrected chi connectivity index (χ4v) is 2.43. The number of methoxy groups -OCH3 is 1. The molecule has 7 heteroatoms. The number of aryl methyl sites for hydroxylation is 1. The van der Waals surface area contributed by atoms with Gasteiger partial charge in [0.25, 0.3) is 0 Å². The van der Waals surface area contributed by atoms with Crippen LogP contribution >= 0.6 is 0 Å². The summed E-state index contributed by atoms with van der Waals surface area (Å²) in [6.07, 6.45) is 1.75. The van der Waals surface area contributed by atoms with E-state index in [0.717, 1.165) is 16.8 Å². The van der Waals surface area contributed by atoms with Crippen molar-refractivity contribution in [2.75, 3.05) is 12.4 Å². The van der Waals surface area contributed by atoms with Gasteiger partial charge in [0.2, 0.25) is 5.91 Å². The summed E-state index contributed by atoms with van der Waals surface area (Å²) in [6.45, 7) is 1.96. The molecule has 0 saturated carbocycles. The number of rotatable bonds is 5. The number of nitrogens with zero attached hydrogens (tertiary/aromatic N) is 4. The van der Waals surface area contributed by atoms with Gasteiger partial charge in [0, 0.05) is 11.3 Å². The van der Waals surface area contributed by atoms with Gasteiger partial charge in [0.1, 0.15) is 12.1 Å². The van der Waals surface area contributed by atoms with Gasteiger partial charge in [0.05, 0.1) is 19.2 Å². The molecule has 1 N–H and O–H groups in total. The lowest BCUT2D eigenvalue weighted by molar-refractivity contribution is -0.115. The van der Waals surface area contributed by atoms with Crippen molar-refractivity contribution in [3.8, 4) is 11.4 Å². The predicted molar refractivity (Wildman–Crippen MR) is 89.2 cm³/mol. The first-order valence-corrected chi connectivity index (χ1v) is 7.43. The molecular formula is C17H17N5O2. The standard InChI is InChI=1S/C17H17N5O2/c1-12-7-8-14(10-15(12)22-11-18-20-21-22)19-17(23)9-13-5-3-4-6-16(13)24-2/h3-8,10-11H,9H2,1-2H3,(H,19,23). The van der Waals surface area contributed by atoms with E-state index in [4.69, 9.17) is 4.74 Å². The SMILES string of the molecule is COc1ccccc1CC(=O)Nc1ccc(C)c(-n2cnnn2)c1. The molecule has 2 aromatic carbocycles. The Kier molecular flexibility index (Phi) is 4.51. The van der Waals surface area contributed by atoms with Crippen molar-refractivity contribution in [1.82, 2.24) is 20.2 Å². The molecule has 0 spiro atoms. The average Bonchev–Trinajstić information content (AvgIpc) is 3.11. The number of nitrogens with one attached hydrogen (secondary N) is 1. The number of benzene rings is 2. The minimum Gasteiger partial charge on any atom is -0.496 e. The molecule has 0 aliphatic rings. The smallest absolute Gasteiger partial charge is 0.228 e. The maximum atomic E-state index is 12.3. The number of anilines is 1. The third kappa shape index (κ3) is 3.40. The number of amides is 1. The van der Waals surface area contributed by atoms with Crippen LogP contribution < -0.4 is 10.1 Å². The van der Waals surface area contributed by atoms with E-state index in [1.165, 1.54) is 6.33 Å². The Hall–Kier alpha value is -3.22. The largest absolute Gasteiger partial charge is 0.496 e. The Morgan fingerprint density at radius 1 is 1.25 bits per heavy atom. The fourth-order valence-electron chi connectivity index (χ4n) is 2.43. The molecule has 0 bridgehead atoms. The van der Waals surface area contributed by atoms with Gasteiger partial charge in [-0.3, -0.25) is 4.79 Å². The third-order valence-electron chi connectivity index (χ3n) is 3.63. The predicted octanol–water partition coefficient (Wildman–Crippen LogP) is 2.16. The van der Waals surface area contributed by atoms with Gasteiger partial charge < -0.3 is 10.1 Å². The van der Waals surface area contributed by atoms with E-state index in [1.807, 2.05) is 49.4 Å². The average molecular weight is 323 g/mol. The highest BCUT2D eigenvalue weighted by Gasteiger charge is 2.10. The minimum absolute atomic E-state index is 0.119. The molecule has 0 aliphatic heterocycles. The van der Waals surface area contributed by atoms with E-state index < -0.39 is 0 Å². The Morgan fingerprint density at radius 2 is 2.08 bits per heavy atom. The third-order valence-corrected chi connectivity index (χ3v) is 3.63. The molecule has 24 heavy (non-hydrogen) atoms. The number of hydrogen-bond acceptors (Lipinski definition) is 5. The summed E-state index contributed by atoms with van der Waals surface area (Å²) in [5.74, 6) is 0.581. The fraction of sp³-hybridized carbons (Fsp3) is 0.176. The van der Waals surface area contributed by atoms with Gasteiger partial charge in [-0.2, -0.15) is 0 Å². The van der Waals surface area contributed by atoms with Gasteiger partial charge in [-0.05, 0) is 41.1 Å². The van der Waals surface area contributed by atoms with Gasteiger partial charge in [-0.1, -0.05) is 24.3 Å². The van der Waals surface area contributed by atoms with Crippen LogP contribution in [0.15, 0.2) is 48.8 Å². The molecule has 1 amide bonds. The number of tetrazole rings is 1. The van der Waals surface area contributed by atoms with Crippen LogP contribution in [-0.4, -0.2) is 33.2 Å². The lowest BCUT2D eigenvalue weighted by atomic mass is 10.1. The van der Waals surface area contributed by atoms with Crippen molar-refractivity contribution < 1.29 is 9.53 Å². The summed E-state index contributed by atoms with van der Waals surface area (Å²) >= 11 is 0. The maximum absolute atomic E-state index is 12.3. The molecule has 0 unspecified atom stereocenters. The molecule has 0 saturated heterocycles. The van der Waals surface area contributed by atoms with Crippen LogP contribution in [-0.2, 0) is 11.2 Å². The molecule has 122 valence electrons. The zero-order valence-corrected chi connectivity index (χ0v) is 13.4. The quantitative estimate of drug-likeness (QED) is 0.778. The van der Waals surface area contributed by atoms with Crippen LogP contribution in [0.5, 0.6) is 5.75 Å². The van der Waals surface area contributed by atoms with Crippen LogP contribution in [0.4, 0.5) is 5.69 Å². The molecule has 0 aliphatic carbocycles. The van der Waals surface area contributed by atoms with Crippen molar-refractivity contribution in [1.29, 1.82) is 0 Å². The molecule has 0 fully saturated rings. The van der Waals surface area contributed by atoms with Crippen molar-refractivity contribution in [3.05, 3.63) is 59.9 Å². The number of carbonyl (C=O) groups excluding carboxylic acids is 1. The molecule has 3 aromatic rings. The summed E-state index contributed by atoms with van der Waals surface area (Å²) in [4.78, 5) is 12.3. The molecule has 1 aromatic heterocycles. The van der Waals surface area contributed by atoms with Crippen LogP contribution in [0, 0.1) is 6.92 Å². The molecular weight excluding hydrogens is 306 g/mol. The lowest BCUT2D eigenvalue weighted by Gasteiger charge is -2.11.